The molecule has 1 heterocycles. The van der Waals surface area contributed by atoms with Crippen LogP contribution in [0.5, 0.6) is 5.75 Å². The predicted octanol–water partition coefficient (Wildman–Crippen LogP) is -1.23. The number of ether oxygens (including phenoxy) is 1. The zero-order valence-electron chi connectivity index (χ0n) is 13.4. The Morgan fingerprint density at radius 3 is 2.62 bits per heavy atom. The number of carbonyl (C=O) groups excluding carboxylic acids is 1. The van der Waals surface area contributed by atoms with Gasteiger partial charge < -0.3 is 19.1 Å². The van der Waals surface area contributed by atoms with E-state index in [1.54, 1.807) is 49.6 Å². The summed E-state index contributed by atoms with van der Waals surface area (Å²) in [7, 11) is 1.55. The van der Waals surface area contributed by atoms with Gasteiger partial charge in [0.25, 0.3) is 0 Å². The Labute approximate surface area is 160 Å². The third kappa shape index (κ3) is 3.70. The SMILES string of the molecule is COc1cccc(-c2cc(=O)c3cccc(CC(=O)[O-])c3o2)c1.[Na+]. The van der Waals surface area contributed by atoms with Crippen LogP contribution in [0.1, 0.15) is 5.56 Å². The van der Waals surface area contributed by atoms with E-state index in [0.29, 0.717) is 28.0 Å². The summed E-state index contributed by atoms with van der Waals surface area (Å²) in [5, 5.41) is 11.2. The Kier molecular flexibility index (Phi) is 5.83. The van der Waals surface area contributed by atoms with Crippen LogP contribution in [-0.2, 0) is 11.2 Å². The summed E-state index contributed by atoms with van der Waals surface area (Å²) >= 11 is 0. The van der Waals surface area contributed by atoms with Gasteiger partial charge in [-0.2, -0.15) is 0 Å². The number of benzene rings is 2. The van der Waals surface area contributed by atoms with Gasteiger partial charge in [-0.3, -0.25) is 4.79 Å². The normalized spacial score (nSPS) is 10.2. The number of hydrogen-bond donors (Lipinski definition) is 0. The van der Waals surface area contributed by atoms with E-state index in [2.05, 4.69) is 0 Å². The molecule has 24 heavy (non-hydrogen) atoms. The average molecular weight is 332 g/mol. The van der Waals surface area contributed by atoms with Crippen molar-refractivity contribution < 1.29 is 48.6 Å². The molecule has 0 N–H and O–H groups in total. The molecular formula is C18H13NaO5. The van der Waals surface area contributed by atoms with Gasteiger partial charge in [0.05, 0.1) is 12.5 Å². The molecule has 0 aliphatic carbocycles. The molecule has 0 amide bonds. The zero-order chi connectivity index (χ0) is 16.4. The van der Waals surface area contributed by atoms with E-state index >= 15 is 0 Å². The van der Waals surface area contributed by atoms with Gasteiger partial charge in [-0.05, 0) is 18.2 Å². The number of rotatable bonds is 4. The summed E-state index contributed by atoms with van der Waals surface area (Å²) in [5.41, 5.74) is 1.11. The van der Waals surface area contributed by atoms with E-state index in [9.17, 15) is 14.7 Å². The first-order valence-corrected chi connectivity index (χ1v) is 6.98. The Morgan fingerprint density at radius 2 is 1.92 bits per heavy atom. The molecule has 0 aliphatic rings. The van der Waals surface area contributed by atoms with Crippen LogP contribution in [0.15, 0.2) is 57.7 Å². The quantitative estimate of drug-likeness (QED) is 0.559. The van der Waals surface area contributed by atoms with Crippen LogP contribution in [0, 0.1) is 0 Å². The monoisotopic (exact) mass is 332 g/mol. The number of para-hydroxylation sites is 1. The smallest absolute Gasteiger partial charge is 0.550 e. The Balaban J connectivity index is 0.00000208. The minimum Gasteiger partial charge on any atom is -0.550 e. The molecule has 0 aliphatic heterocycles. The van der Waals surface area contributed by atoms with Gasteiger partial charge in [-0.15, -0.1) is 0 Å². The minimum atomic E-state index is -1.23. The van der Waals surface area contributed by atoms with Gasteiger partial charge >= 0.3 is 29.6 Å². The first-order valence-electron chi connectivity index (χ1n) is 6.98. The fraction of sp³-hybridized carbons (Fsp3) is 0.111. The maximum absolute atomic E-state index is 12.3. The van der Waals surface area contributed by atoms with E-state index in [1.165, 1.54) is 6.07 Å². The number of hydrogen-bond acceptors (Lipinski definition) is 5. The number of methoxy groups -OCH3 is 1. The van der Waals surface area contributed by atoms with E-state index < -0.39 is 5.97 Å². The van der Waals surface area contributed by atoms with Gasteiger partial charge in [0, 0.05) is 29.6 Å². The Hall–Kier alpha value is -2.08. The zero-order valence-corrected chi connectivity index (χ0v) is 15.4. The summed E-state index contributed by atoms with van der Waals surface area (Å²) < 4.78 is 11.0. The standard InChI is InChI=1S/C18H14O5.Na/c1-22-13-6-2-4-11(8-13)16-10-15(19)14-7-3-5-12(9-17(20)21)18(14)23-16;/h2-8,10H,9H2,1H3,(H,20,21);/q;+1/p-1. The van der Waals surface area contributed by atoms with E-state index in [-0.39, 0.29) is 47.0 Å². The van der Waals surface area contributed by atoms with Crippen LogP contribution >= 0.6 is 0 Å². The van der Waals surface area contributed by atoms with Crippen molar-refractivity contribution in [3.05, 3.63) is 64.3 Å². The van der Waals surface area contributed by atoms with Crippen LogP contribution in [0.25, 0.3) is 22.3 Å². The molecule has 0 atom stereocenters. The van der Waals surface area contributed by atoms with Crippen molar-refractivity contribution >= 4 is 16.9 Å². The van der Waals surface area contributed by atoms with Crippen LogP contribution in [0.2, 0.25) is 0 Å². The van der Waals surface area contributed by atoms with Crippen LogP contribution in [-0.4, -0.2) is 13.1 Å². The second-order valence-corrected chi connectivity index (χ2v) is 5.05. The van der Waals surface area contributed by atoms with Crippen molar-refractivity contribution in [2.45, 2.75) is 6.42 Å². The Bertz CT molecular complexity index is 946. The molecule has 0 bridgehead atoms. The fourth-order valence-corrected chi connectivity index (χ4v) is 2.45. The van der Waals surface area contributed by atoms with Crippen molar-refractivity contribution in [2.75, 3.05) is 7.11 Å². The van der Waals surface area contributed by atoms with Crippen LogP contribution < -0.4 is 44.8 Å². The molecule has 0 radical (unpaired) electrons. The molecule has 2 aromatic carbocycles. The van der Waals surface area contributed by atoms with E-state index in [1.807, 2.05) is 0 Å². The van der Waals surface area contributed by atoms with Gasteiger partial charge in [-0.25, -0.2) is 0 Å². The van der Waals surface area contributed by atoms with Gasteiger partial charge in [-0.1, -0.05) is 24.3 Å². The summed E-state index contributed by atoms with van der Waals surface area (Å²) in [6, 6.07) is 13.3. The van der Waals surface area contributed by atoms with Gasteiger partial charge in [0.2, 0.25) is 0 Å². The molecule has 6 heteroatoms. The Morgan fingerprint density at radius 1 is 1.17 bits per heavy atom. The number of carboxylic acids is 1. The fourth-order valence-electron chi connectivity index (χ4n) is 2.45. The molecule has 5 nitrogen and oxygen atoms in total. The first kappa shape index (κ1) is 18.3. The van der Waals surface area contributed by atoms with E-state index in [0.717, 1.165) is 0 Å². The molecule has 3 aromatic rings. The van der Waals surface area contributed by atoms with Crippen molar-refractivity contribution in [3.63, 3.8) is 0 Å². The van der Waals surface area contributed by atoms with Crippen LogP contribution in [0.3, 0.4) is 0 Å². The number of aliphatic carboxylic acids is 1. The third-order valence-corrected chi connectivity index (χ3v) is 3.53. The molecule has 0 unspecified atom stereocenters. The summed E-state index contributed by atoms with van der Waals surface area (Å²) in [4.78, 5) is 23.2. The van der Waals surface area contributed by atoms with Crippen molar-refractivity contribution in [3.8, 4) is 17.1 Å². The largest absolute Gasteiger partial charge is 1.00 e. The summed E-state index contributed by atoms with van der Waals surface area (Å²) in [6.07, 6.45) is -0.318. The van der Waals surface area contributed by atoms with Crippen molar-refractivity contribution in [1.29, 1.82) is 0 Å². The molecule has 0 fully saturated rings. The molecule has 0 saturated heterocycles. The van der Waals surface area contributed by atoms with Gasteiger partial charge in [0.1, 0.15) is 17.1 Å². The third-order valence-electron chi connectivity index (χ3n) is 3.53. The second-order valence-electron chi connectivity index (χ2n) is 5.05. The van der Waals surface area contributed by atoms with Crippen molar-refractivity contribution in [2.24, 2.45) is 0 Å². The molecule has 0 spiro atoms. The maximum Gasteiger partial charge on any atom is 1.00 e. The molecule has 116 valence electrons. The summed E-state index contributed by atoms with van der Waals surface area (Å²) in [5.74, 6) is -0.243. The van der Waals surface area contributed by atoms with Gasteiger partial charge in [0.15, 0.2) is 5.43 Å². The molecule has 1 aromatic heterocycles. The number of carboxylic acid groups (broad SMARTS) is 1. The maximum atomic E-state index is 12.3. The predicted molar refractivity (Wildman–Crippen MR) is 83.2 cm³/mol. The second kappa shape index (κ2) is 7.66. The van der Waals surface area contributed by atoms with Crippen LogP contribution in [0.4, 0.5) is 0 Å². The van der Waals surface area contributed by atoms with E-state index in [4.69, 9.17) is 9.15 Å². The molecule has 3 rings (SSSR count). The molecular weight excluding hydrogens is 319 g/mol. The average Bonchev–Trinajstić information content (AvgIpc) is 2.55. The minimum absolute atomic E-state index is 0. The topological polar surface area (TPSA) is 79.6 Å². The number of fused-ring (bicyclic) bond motifs is 1. The first-order chi connectivity index (χ1) is 11.1. The molecule has 0 saturated carbocycles. The number of carbonyl (C=O) groups is 1. The summed E-state index contributed by atoms with van der Waals surface area (Å²) in [6.45, 7) is 0. The van der Waals surface area contributed by atoms with Crippen molar-refractivity contribution in [1.82, 2.24) is 0 Å².